The molecule has 0 saturated carbocycles. The van der Waals surface area contributed by atoms with Gasteiger partial charge in [-0.25, -0.2) is 0 Å². The van der Waals surface area contributed by atoms with Crippen LogP contribution in [0.1, 0.15) is 41.6 Å². The van der Waals surface area contributed by atoms with Crippen molar-refractivity contribution >= 4 is 11.6 Å². The molecule has 0 aliphatic heterocycles. The first-order valence-corrected chi connectivity index (χ1v) is 5.89. The first-order valence-electron chi connectivity index (χ1n) is 5.89. The zero-order chi connectivity index (χ0) is 13.1. The van der Waals surface area contributed by atoms with Crippen LogP contribution in [0.4, 0.5) is 5.69 Å². The lowest BCUT2D eigenvalue weighted by Crippen LogP contribution is -2.13. The van der Waals surface area contributed by atoms with Gasteiger partial charge in [0, 0.05) is 23.1 Å². The number of hydrogen-bond acceptors (Lipinski definition) is 3. The predicted molar refractivity (Wildman–Crippen MR) is 69.7 cm³/mol. The summed E-state index contributed by atoms with van der Waals surface area (Å²) in [5, 5.41) is 2.81. The Hall–Kier alpha value is -2.10. The van der Waals surface area contributed by atoms with Gasteiger partial charge in [0.25, 0.3) is 5.91 Å². The van der Waals surface area contributed by atoms with E-state index in [2.05, 4.69) is 10.3 Å². The zero-order valence-electron chi connectivity index (χ0n) is 10.7. The molecule has 0 radical (unpaired) electrons. The molecule has 4 nitrogen and oxygen atoms in total. The number of rotatable bonds is 3. The standard InChI is InChI=1S/C14H16N2O2/c1-9(2)12-5-7-18-13(12)14(17)16-11-4-6-15-10(3)8-11/h4-9H,1-3H3,(H,15,16,17). The highest BCUT2D eigenvalue weighted by Crippen LogP contribution is 2.21. The molecule has 1 N–H and O–H groups in total. The van der Waals surface area contributed by atoms with Gasteiger partial charge in [0.05, 0.1) is 6.26 Å². The van der Waals surface area contributed by atoms with Crippen LogP contribution < -0.4 is 5.32 Å². The maximum Gasteiger partial charge on any atom is 0.291 e. The lowest BCUT2D eigenvalue weighted by molar-refractivity contribution is 0.0995. The Labute approximate surface area is 106 Å². The average molecular weight is 244 g/mol. The van der Waals surface area contributed by atoms with Gasteiger partial charge in [0.15, 0.2) is 5.76 Å². The summed E-state index contributed by atoms with van der Waals surface area (Å²) >= 11 is 0. The van der Waals surface area contributed by atoms with Crippen LogP contribution >= 0.6 is 0 Å². The van der Waals surface area contributed by atoms with E-state index in [0.717, 1.165) is 16.9 Å². The largest absolute Gasteiger partial charge is 0.459 e. The molecule has 94 valence electrons. The smallest absolute Gasteiger partial charge is 0.291 e. The van der Waals surface area contributed by atoms with E-state index in [0.29, 0.717) is 5.76 Å². The minimum atomic E-state index is -0.227. The molecule has 0 spiro atoms. The average Bonchev–Trinajstić information content (AvgIpc) is 2.77. The number of carbonyl (C=O) groups excluding carboxylic acids is 1. The van der Waals surface area contributed by atoms with Crippen molar-refractivity contribution in [1.82, 2.24) is 4.98 Å². The topological polar surface area (TPSA) is 55.1 Å². The van der Waals surface area contributed by atoms with E-state index in [9.17, 15) is 4.79 Å². The number of amides is 1. The molecule has 0 aliphatic rings. The van der Waals surface area contributed by atoms with Crippen molar-refractivity contribution in [2.45, 2.75) is 26.7 Å². The third-order valence-electron chi connectivity index (χ3n) is 2.68. The predicted octanol–water partition coefficient (Wildman–Crippen LogP) is 3.36. The molecule has 4 heteroatoms. The van der Waals surface area contributed by atoms with Gasteiger partial charge >= 0.3 is 0 Å². The minimum Gasteiger partial charge on any atom is -0.459 e. The molecular formula is C14H16N2O2. The fourth-order valence-corrected chi connectivity index (χ4v) is 1.77. The second kappa shape index (κ2) is 5.04. The molecule has 0 aromatic carbocycles. The summed E-state index contributed by atoms with van der Waals surface area (Å²) in [4.78, 5) is 16.2. The Kier molecular flexibility index (Phi) is 3.46. The highest BCUT2D eigenvalue weighted by atomic mass is 16.3. The molecule has 0 aliphatic carbocycles. The summed E-state index contributed by atoms with van der Waals surface area (Å²) < 4.78 is 5.26. The number of pyridine rings is 1. The van der Waals surface area contributed by atoms with E-state index in [1.807, 2.05) is 32.9 Å². The molecule has 18 heavy (non-hydrogen) atoms. The van der Waals surface area contributed by atoms with E-state index < -0.39 is 0 Å². The van der Waals surface area contributed by atoms with E-state index in [-0.39, 0.29) is 11.8 Å². The van der Waals surface area contributed by atoms with E-state index in [1.54, 1.807) is 18.5 Å². The van der Waals surface area contributed by atoms with Gasteiger partial charge < -0.3 is 9.73 Å². The van der Waals surface area contributed by atoms with Crippen LogP contribution in [-0.4, -0.2) is 10.9 Å². The van der Waals surface area contributed by atoms with Crippen molar-refractivity contribution in [3.8, 4) is 0 Å². The molecule has 2 aromatic rings. The maximum absolute atomic E-state index is 12.1. The highest BCUT2D eigenvalue weighted by molar-refractivity contribution is 6.03. The molecule has 0 saturated heterocycles. The Morgan fingerprint density at radius 2 is 2.17 bits per heavy atom. The number of furan rings is 1. The Bertz CT molecular complexity index is 558. The van der Waals surface area contributed by atoms with E-state index in [1.165, 1.54) is 0 Å². The third-order valence-corrected chi connectivity index (χ3v) is 2.68. The normalized spacial score (nSPS) is 10.7. The Morgan fingerprint density at radius 3 is 2.83 bits per heavy atom. The summed E-state index contributed by atoms with van der Waals surface area (Å²) in [6.45, 7) is 5.93. The first-order chi connectivity index (χ1) is 8.58. The zero-order valence-corrected chi connectivity index (χ0v) is 10.7. The third kappa shape index (κ3) is 2.59. The van der Waals surface area contributed by atoms with Gasteiger partial charge in [-0.15, -0.1) is 0 Å². The van der Waals surface area contributed by atoms with Crippen molar-refractivity contribution in [2.75, 3.05) is 5.32 Å². The van der Waals surface area contributed by atoms with E-state index in [4.69, 9.17) is 4.42 Å². The Balaban J connectivity index is 2.20. The van der Waals surface area contributed by atoms with Crippen LogP contribution in [0.3, 0.4) is 0 Å². The molecule has 0 atom stereocenters. The second-order valence-corrected chi connectivity index (χ2v) is 4.50. The SMILES string of the molecule is Cc1cc(NC(=O)c2occc2C(C)C)ccn1. The molecule has 1 amide bonds. The van der Waals surface area contributed by atoms with E-state index >= 15 is 0 Å². The van der Waals surface area contributed by atoms with Gasteiger partial charge in [0.1, 0.15) is 0 Å². The molecular weight excluding hydrogens is 228 g/mol. The fourth-order valence-electron chi connectivity index (χ4n) is 1.77. The highest BCUT2D eigenvalue weighted by Gasteiger charge is 2.17. The molecule has 0 bridgehead atoms. The minimum absolute atomic E-state index is 0.227. The maximum atomic E-state index is 12.1. The number of anilines is 1. The summed E-state index contributed by atoms with van der Waals surface area (Å²) in [6, 6.07) is 5.40. The van der Waals surface area contributed by atoms with Gasteiger partial charge in [-0.05, 0) is 31.0 Å². The van der Waals surface area contributed by atoms with Gasteiger partial charge in [-0.2, -0.15) is 0 Å². The molecule has 0 unspecified atom stereocenters. The summed E-state index contributed by atoms with van der Waals surface area (Å²) in [6.07, 6.45) is 3.21. The van der Waals surface area contributed by atoms with Crippen LogP contribution in [0.25, 0.3) is 0 Å². The second-order valence-electron chi connectivity index (χ2n) is 4.50. The van der Waals surface area contributed by atoms with Crippen LogP contribution in [0.5, 0.6) is 0 Å². The Morgan fingerprint density at radius 1 is 1.39 bits per heavy atom. The van der Waals surface area contributed by atoms with Crippen LogP contribution in [0.15, 0.2) is 35.1 Å². The van der Waals surface area contributed by atoms with Crippen molar-refractivity contribution in [3.63, 3.8) is 0 Å². The summed E-state index contributed by atoms with van der Waals surface area (Å²) in [5.41, 5.74) is 2.49. The van der Waals surface area contributed by atoms with Gasteiger partial charge in [-0.1, -0.05) is 13.8 Å². The molecule has 0 fully saturated rings. The van der Waals surface area contributed by atoms with Crippen molar-refractivity contribution in [2.24, 2.45) is 0 Å². The van der Waals surface area contributed by atoms with Crippen molar-refractivity contribution in [1.29, 1.82) is 0 Å². The number of nitrogens with zero attached hydrogens (tertiary/aromatic N) is 1. The molecule has 2 aromatic heterocycles. The quantitative estimate of drug-likeness (QED) is 0.900. The summed E-state index contributed by atoms with van der Waals surface area (Å²) in [5.74, 6) is 0.400. The number of hydrogen-bond donors (Lipinski definition) is 1. The summed E-state index contributed by atoms with van der Waals surface area (Å²) in [7, 11) is 0. The molecule has 2 rings (SSSR count). The van der Waals surface area contributed by atoms with Crippen LogP contribution in [0.2, 0.25) is 0 Å². The monoisotopic (exact) mass is 244 g/mol. The fraction of sp³-hybridized carbons (Fsp3) is 0.286. The van der Waals surface area contributed by atoms with Crippen molar-refractivity contribution in [3.05, 3.63) is 47.7 Å². The lowest BCUT2D eigenvalue weighted by Gasteiger charge is -2.07. The number of aromatic nitrogens is 1. The first kappa shape index (κ1) is 12.4. The lowest BCUT2D eigenvalue weighted by atomic mass is 10.0. The van der Waals surface area contributed by atoms with Crippen LogP contribution in [0, 0.1) is 6.92 Å². The molecule has 2 heterocycles. The number of aryl methyl sites for hydroxylation is 1. The van der Waals surface area contributed by atoms with Gasteiger partial charge in [-0.3, -0.25) is 9.78 Å². The van der Waals surface area contributed by atoms with Crippen LogP contribution in [-0.2, 0) is 0 Å². The number of carbonyl (C=O) groups is 1. The van der Waals surface area contributed by atoms with Crippen molar-refractivity contribution < 1.29 is 9.21 Å². The number of nitrogens with one attached hydrogen (secondary N) is 1. The van der Waals surface area contributed by atoms with Gasteiger partial charge in [0.2, 0.25) is 0 Å².